The number of hydrogen-bond acceptors (Lipinski definition) is 1. The summed E-state index contributed by atoms with van der Waals surface area (Å²) in [4.78, 5) is 0. The normalized spacial score (nSPS) is 11.3. The topological polar surface area (TPSA) is 9.23 Å². The van der Waals surface area contributed by atoms with Crippen LogP contribution in [0.1, 0.15) is 11.1 Å². The largest absolute Gasteiger partial charge is 0.457 e. The number of benzene rings is 2. The van der Waals surface area contributed by atoms with Gasteiger partial charge in [-0.1, -0.05) is 23.8 Å². The van der Waals surface area contributed by atoms with Gasteiger partial charge in [0.2, 0.25) is 0 Å². The summed E-state index contributed by atoms with van der Waals surface area (Å²) in [7, 11) is 0. The molecule has 2 aromatic carbocycles. The zero-order valence-electron chi connectivity index (χ0n) is 9.58. The Hall–Kier alpha value is -1.97. The fourth-order valence-corrected chi connectivity index (χ4v) is 1.42. The minimum absolute atomic E-state index is 0.143. The molecular formula is C14H10F3O. The lowest BCUT2D eigenvalue weighted by Gasteiger charge is -2.09. The van der Waals surface area contributed by atoms with Gasteiger partial charge in [0.1, 0.15) is 11.5 Å². The van der Waals surface area contributed by atoms with Crippen molar-refractivity contribution in [3.8, 4) is 11.5 Å². The number of halogens is 3. The molecule has 0 aliphatic carbocycles. The summed E-state index contributed by atoms with van der Waals surface area (Å²) in [5.41, 5.74) is 0.215. The molecule has 0 amide bonds. The quantitative estimate of drug-likeness (QED) is 0.757. The number of hydrogen-bond donors (Lipinski definition) is 0. The van der Waals surface area contributed by atoms with Crippen LogP contribution < -0.4 is 4.74 Å². The van der Waals surface area contributed by atoms with E-state index in [4.69, 9.17) is 4.74 Å². The molecule has 0 aliphatic rings. The highest BCUT2D eigenvalue weighted by Gasteiger charge is 2.30. The lowest BCUT2D eigenvalue weighted by Crippen LogP contribution is -2.04. The number of aryl methyl sites for hydroxylation is 1. The molecule has 0 atom stereocenters. The maximum absolute atomic E-state index is 12.5. The molecule has 93 valence electrons. The van der Waals surface area contributed by atoms with E-state index in [1.165, 1.54) is 12.1 Å². The van der Waals surface area contributed by atoms with Crippen LogP contribution in [0.25, 0.3) is 0 Å². The summed E-state index contributed by atoms with van der Waals surface area (Å²) in [5.74, 6) is 0.643. The molecule has 4 heteroatoms. The molecule has 0 unspecified atom stereocenters. The maximum atomic E-state index is 12.5. The van der Waals surface area contributed by atoms with Crippen LogP contribution in [0.15, 0.2) is 42.5 Å². The molecule has 0 fully saturated rings. The molecule has 1 nitrogen and oxygen atoms in total. The Labute approximate surface area is 103 Å². The van der Waals surface area contributed by atoms with Gasteiger partial charge in [-0.3, -0.25) is 0 Å². The monoisotopic (exact) mass is 251 g/mol. The van der Waals surface area contributed by atoms with Gasteiger partial charge in [-0.15, -0.1) is 0 Å². The fraction of sp³-hybridized carbons (Fsp3) is 0.143. The van der Waals surface area contributed by atoms with E-state index in [0.29, 0.717) is 5.75 Å². The molecule has 0 heterocycles. The lowest BCUT2D eigenvalue weighted by atomic mass is 10.2. The van der Waals surface area contributed by atoms with Gasteiger partial charge in [-0.05, 0) is 37.3 Å². The molecule has 0 saturated heterocycles. The zero-order valence-corrected chi connectivity index (χ0v) is 9.58. The molecule has 1 radical (unpaired) electrons. The highest BCUT2D eigenvalue weighted by atomic mass is 19.4. The van der Waals surface area contributed by atoms with Crippen LogP contribution >= 0.6 is 0 Å². The lowest BCUT2D eigenvalue weighted by molar-refractivity contribution is -0.137. The van der Waals surface area contributed by atoms with Crippen LogP contribution in [-0.4, -0.2) is 0 Å². The van der Waals surface area contributed by atoms with Gasteiger partial charge in [-0.25, -0.2) is 0 Å². The summed E-state index contributed by atoms with van der Waals surface area (Å²) in [6, 6.07) is 12.8. The molecule has 2 rings (SSSR count). The van der Waals surface area contributed by atoms with Crippen molar-refractivity contribution in [1.82, 2.24) is 0 Å². The summed E-state index contributed by atoms with van der Waals surface area (Å²) >= 11 is 0. The minimum atomic E-state index is -4.41. The van der Waals surface area contributed by atoms with Gasteiger partial charge in [-0.2, -0.15) is 13.2 Å². The van der Waals surface area contributed by atoms with Crippen LogP contribution in [-0.2, 0) is 6.18 Å². The fourth-order valence-electron chi connectivity index (χ4n) is 1.42. The van der Waals surface area contributed by atoms with Crippen molar-refractivity contribution in [2.24, 2.45) is 0 Å². The summed E-state index contributed by atoms with van der Waals surface area (Å²) < 4.78 is 42.8. The minimum Gasteiger partial charge on any atom is -0.457 e. The van der Waals surface area contributed by atoms with Gasteiger partial charge in [0.05, 0.1) is 5.56 Å². The Kier molecular flexibility index (Phi) is 3.28. The molecule has 0 saturated carbocycles. The third kappa shape index (κ3) is 3.03. The zero-order chi connectivity index (χ0) is 13.2. The first-order valence-corrected chi connectivity index (χ1v) is 5.28. The van der Waals surface area contributed by atoms with E-state index in [-0.39, 0.29) is 5.75 Å². The van der Waals surface area contributed by atoms with Crippen molar-refractivity contribution >= 4 is 0 Å². The van der Waals surface area contributed by atoms with Crippen molar-refractivity contribution in [3.63, 3.8) is 0 Å². The molecule has 0 spiro atoms. The standard InChI is InChI=1S/C14H10F3O/c1-10-5-7-12(8-6-10)18-13-4-2-3-11(9-13)14(15,16)17/h2,4-9H,1H3. The van der Waals surface area contributed by atoms with Gasteiger partial charge in [0, 0.05) is 0 Å². The summed E-state index contributed by atoms with van der Waals surface area (Å²) in [6.45, 7) is 1.92. The van der Waals surface area contributed by atoms with Gasteiger partial charge in [0.25, 0.3) is 0 Å². The van der Waals surface area contributed by atoms with E-state index in [2.05, 4.69) is 6.07 Å². The Balaban J connectivity index is 2.22. The van der Waals surface area contributed by atoms with E-state index in [0.717, 1.165) is 11.6 Å². The number of ether oxygens (including phenoxy) is 1. The van der Waals surface area contributed by atoms with Gasteiger partial charge in [0.15, 0.2) is 0 Å². The Morgan fingerprint density at radius 2 is 1.67 bits per heavy atom. The van der Waals surface area contributed by atoms with Crippen molar-refractivity contribution in [1.29, 1.82) is 0 Å². The van der Waals surface area contributed by atoms with Crippen molar-refractivity contribution < 1.29 is 17.9 Å². The second-order valence-electron chi connectivity index (χ2n) is 3.85. The van der Waals surface area contributed by atoms with Crippen molar-refractivity contribution in [2.45, 2.75) is 13.1 Å². The highest BCUT2D eigenvalue weighted by Crippen LogP contribution is 2.32. The van der Waals surface area contributed by atoms with E-state index < -0.39 is 11.7 Å². The first-order chi connectivity index (χ1) is 8.45. The van der Waals surface area contributed by atoms with Crippen LogP contribution in [0.3, 0.4) is 0 Å². The van der Waals surface area contributed by atoms with E-state index in [1.807, 2.05) is 19.1 Å². The first kappa shape index (κ1) is 12.5. The van der Waals surface area contributed by atoms with E-state index in [9.17, 15) is 13.2 Å². The summed E-state index contributed by atoms with van der Waals surface area (Å²) in [5, 5.41) is 0. The summed E-state index contributed by atoms with van der Waals surface area (Å²) in [6.07, 6.45) is -4.41. The molecule has 0 aliphatic heterocycles. The molecule has 0 aromatic heterocycles. The first-order valence-electron chi connectivity index (χ1n) is 5.28. The Morgan fingerprint density at radius 1 is 1.00 bits per heavy atom. The Bertz CT molecular complexity index is 529. The van der Waals surface area contributed by atoms with Crippen LogP contribution in [0.4, 0.5) is 13.2 Å². The van der Waals surface area contributed by atoms with E-state index in [1.54, 1.807) is 12.1 Å². The van der Waals surface area contributed by atoms with Crippen LogP contribution in [0.2, 0.25) is 0 Å². The molecular weight excluding hydrogens is 241 g/mol. The van der Waals surface area contributed by atoms with Crippen molar-refractivity contribution in [3.05, 3.63) is 59.7 Å². The van der Waals surface area contributed by atoms with Gasteiger partial charge >= 0.3 is 6.18 Å². The van der Waals surface area contributed by atoms with Gasteiger partial charge < -0.3 is 4.74 Å². The smallest absolute Gasteiger partial charge is 0.417 e. The van der Waals surface area contributed by atoms with Crippen molar-refractivity contribution in [2.75, 3.05) is 0 Å². The average Bonchev–Trinajstić information content (AvgIpc) is 2.31. The molecule has 2 aromatic rings. The van der Waals surface area contributed by atoms with Crippen LogP contribution in [0, 0.1) is 13.0 Å². The molecule has 18 heavy (non-hydrogen) atoms. The maximum Gasteiger partial charge on any atom is 0.417 e. The Morgan fingerprint density at radius 3 is 2.28 bits per heavy atom. The third-order valence-corrected chi connectivity index (χ3v) is 2.34. The van der Waals surface area contributed by atoms with Crippen LogP contribution in [0.5, 0.6) is 11.5 Å². The second kappa shape index (κ2) is 4.72. The SMILES string of the molecule is Cc1ccc(Oc2cc[c]c(C(F)(F)F)c2)cc1. The second-order valence-corrected chi connectivity index (χ2v) is 3.85. The number of alkyl halides is 3. The molecule has 0 N–H and O–H groups in total. The predicted molar refractivity (Wildman–Crippen MR) is 61.5 cm³/mol. The molecule has 0 bridgehead atoms. The third-order valence-electron chi connectivity index (χ3n) is 2.34. The average molecular weight is 251 g/mol. The van der Waals surface area contributed by atoms with E-state index >= 15 is 0 Å². The highest BCUT2D eigenvalue weighted by molar-refractivity contribution is 5.35. The predicted octanol–water partition coefficient (Wildman–Crippen LogP) is 4.61. The number of rotatable bonds is 2.